The molecule has 0 unspecified atom stereocenters. The molecule has 0 amide bonds. The lowest BCUT2D eigenvalue weighted by Gasteiger charge is -2.16. The van der Waals surface area contributed by atoms with E-state index >= 15 is 0 Å². The lowest BCUT2D eigenvalue weighted by atomic mass is 10.1. The predicted octanol–water partition coefficient (Wildman–Crippen LogP) is 3.27. The van der Waals surface area contributed by atoms with Gasteiger partial charge in [0.25, 0.3) is 0 Å². The number of hydrogen-bond donors (Lipinski definition) is 0. The molecule has 1 aliphatic rings. The van der Waals surface area contributed by atoms with Crippen LogP contribution in [0.3, 0.4) is 0 Å². The number of aromatic nitrogens is 2. The Morgan fingerprint density at radius 3 is 3.06 bits per heavy atom. The molecule has 0 aromatic carbocycles. The zero-order chi connectivity index (χ0) is 11.8. The summed E-state index contributed by atoms with van der Waals surface area (Å²) in [5.74, 6) is 0. The standard InChI is InChI=1S/C13H16N2OS/c1-9(2)15-12-3-5-16-7-11(12)13(14-15)10-4-6-17-8-10/h4,6,8-9H,3,5,7H2,1-2H3. The molecule has 0 aliphatic carbocycles. The number of thiophene rings is 1. The number of hydrogen-bond acceptors (Lipinski definition) is 3. The van der Waals surface area contributed by atoms with Crippen molar-refractivity contribution < 1.29 is 4.74 Å². The second kappa shape index (κ2) is 4.27. The fraction of sp³-hybridized carbons (Fsp3) is 0.462. The van der Waals surface area contributed by atoms with Gasteiger partial charge in [-0.25, -0.2) is 0 Å². The summed E-state index contributed by atoms with van der Waals surface area (Å²) < 4.78 is 7.74. The van der Waals surface area contributed by atoms with Crippen LogP contribution in [-0.2, 0) is 17.8 Å². The maximum atomic E-state index is 5.58. The van der Waals surface area contributed by atoms with Gasteiger partial charge in [-0.3, -0.25) is 4.68 Å². The van der Waals surface area contributed by atoms with Crippen molar-refractivity contribution in [2.75, 3.05) is 6.61 Å². The minimum absolute atomic E-state index is 0.411. The van der Waals surface area contributed by atoms with Gasteiger partial charge in [-0.15, -0.1) is 0 Å². The molecular formula is C13H16N2OS. The van der Waals surface area contributed by atoms with Crippen molar-refractivity contribution in [1.29, 1.82) is 0 Å². The minimum Gasteiger partial charge on any atom is -0.376 e. The Balaban J connectivity index is 2.16. The largest absolute Gasteiger partial charge is 0.376 e. The van der Waals surface area contributed by atoms with Gasteiger partial charge in [-0.2, -0.15) is 16.4 Å². The Labute approximate surface area is 105 Å². The average molecular weight is 248 g/mol. The van der Waals surface area contributed by atoms with Crippen LogP contribution in [-0.4, -0.2) is 16.4 Å². The second-order valence-corrected chi connectivity index (χ2v) is 5.41. The SMILES string of the molecule is CC(C)n1nc(-c2ccsc2)c2c1CCOC2. The van der Waals surface area contributed by atoms with Crippen LogP contribution < -0.4 is 0 Å². The van der Waals surface area contributed by atoms with Gasteiger partial charge in [0.15, 0.2) is 0 Å². The topological polar surface area (TPSA) is 27.1 Å². The molecule has 0 fully saturated rings. The highest BCUT2D eigenvalue weighted by molar-refractivity contribution is 7.08. The lowest BCUT2D eigenvalue weighted by molar-refractivity contribution is 0.108. The Bertz CT molecular complexity index is 514. The van der Waals surface area contributed by atoms with Gasteiger partial charge in [0, 0.05) is 34.7 Å². The Hall–Kier alpha value is -1.13. The predicted molar refractivity (Wildman–Crippen MR) is 69.3 cm³/mol. The first-order chi connectivity index (χ1) is 8.27. The van der Waals surface area contributed by atoms with E-state index in [1.165, 1.54) is 16.8 Å². The first-order valence-corrected chi connectivity index (χ1v) is 6.92. The zero-order valence-electron chi connectivity index (χ0n) is 10.1. The third-order valence-electron chi connectivity index (χ3n) is 3.13. The van der Waals surface area contributed by atoms with Crippen LogP contribution in [0, 0.1) is 0 Å². The highest BCUT2D eigenvalue weighted by Crippen LogP contribution is 2.31. The molecular weight excluding hydrogens is 232 g/mol. The van der Waals surface area contributed by atoms with Crippen molar-refractivity contribution in [2.45, 2.75) is 32.9 Å². The van der Waals surface area contributed by atoms with Gasteiger partial charge in [0.2, 0.25) is 0 Å². The lowest BCUT2D eigenvalue weighted by Crippen LogP contribution is -2.15. The summed E-state index contributed by atoms with van der Waals surface area (Å²) in [5, 5.41) is 9.03. The number of ether oxygens (including phenoxy) is 1. The van der Waals surface area contributed by atoms with E-state index < -0.39 is 0 Å². The average Bonchev–Trinajstić information content (AvgIpc) is 2.95. The molecule has 2 aromatic heterocycles. The highest BCUT2D eigenvalue weighted by atomic mass is 32.1. The molecule has 0 radical (unpaired) electrons. The maximum absolute atomic E-state index is 5.58. The van der Waals surface area contributed by atoms with Gasteiger partial charge in [-0.05, 0) is 25.3 Å². The van der Waals surface area contributed by atoms with Gasteiger partial charge in [0.1, 0.15) is 0 Å². The molecule has 1 aliphatic heterocycles. The fourth-order valence-electron chi connectivity index (χ4n) is 2.32. The minimum atomic E-state index is 0.411. The van der Waals surface area contributed by atoms with E-state index in [1.54, 1.807) is 11.3 Å². The molecule has 0 atom stereocenters. The van der Waals surface area contributed by atoms with Crippen molar-refractivity contribution in [3.63, 3.8) is 0 Å². The van der Waals surface area contributed by atoms with Gasteiger partial charge >= 0.3 is 0 Å². The van der Waals surface area contributed by atoms with Gasteiger partial charge in [0.05, 0.1) is 18.9 Å². The number of rotatable bonds is 2. The zero-order valence-corrected chi connectivity index (χ0v) is 11.0. The summed E-state index contributed by atoms with van der Waals surface area (Å²) in [6.45, 7) is 5.88. The van der Waals surface area contributed by atoms with E-state index in [4.69, 9.17) is 9.84 Å². The molecule has 3 nitrogen and oxygen atoms in total. The molecule has 0 spiro atoms. The van der Waals surface area contributed by atoms with Crippen molar-refractivity contribution in [3.8, 4) is 11.3 Å². The smallest absolute Gasteiger partial charge is 0.0989 e. The summed E-state index contributed by atoms with van der Waals surface area (Å²) in [6, 6.07) is 2.54. The van der Waals surface area contributed by atoms with Crippen LogP contribution in [0.2, 0.25) is 0 Å². The summed E-state index contributed by atoms with van der Waals surface area (Å²) >= 11 is 1.71. The van der Waals surface area contributed by atoms with Crippen LogP contribution in [0.25, 0.3) is 11.3 Å². The fourth-order valence-corrected chi connectivity index (χ4v) is 2.96. The first kappa shape index (κ1) is 11.0. The molecule has 3 heterocycles. The van der Waals surface area contributed by atoms with Crippen molar-refractivity contribution in [1.82, 2.24) is 9.78 Å². The molecule has 2 aromatic rings. The summed E-state index contributed by atoms with van der Waals surface area (Å²) in [7, 11) is 0. The Morgan fingerprint density at radius 2 is 2.35 bits per heavy atom. The van der Waals surface area contributed by atoms with E-state index in [0.29, 0.717) is 12.6 Å². The van der Waals surface area contributed by atoms with Crippen molar-refractivity contribution in [3.05, 3.63) is 28.1 Å². The van der Waals surface area contributed by atoms with Crippen LogP contribution >= 0.6 is 11.3 Å². The maximum Gasteiger partial charge on any atom is 0.0989 e. The van der Waals surface area contributed by atoms with Crippen LogP contribution in [0.15, 0.2) is 16.8 Å². The van der Waals surface area contributed by atoms with Crippen molar-refractivity contribution in [2.24, 2.45) is 0 Å². The molecule has 17 heavy (non-hydrogen) atoms. The van der Waals surface area contributed by atoms with E-state index in [2.05, 4.69) is 35.4 Å². The van der Waals surface area contributed by atoms with Crippen molar-refractivity contribution >= 4 is 11.3 Å². The molecule has 0 saturated carbocycles. The van der Waals surface area contributed by atoms with E-state index in [9.17, 15) is 0 Å². The molecule has 4 heteroatoms. The number of nitrogens with zero attached hydrogens (tertiary/aromatic N) is 2. The molecule has 0 N–H and O–H groups in total. The summed E-state index contributed by atoms with van der Waals surface area (Å²) in [4.78, 5) is 0. The Kier molecular flexibility index (Phi) is 2.76. The molecule has 0 bridgehead atoms. The van der Waals surface area contributed by atoms with Gasteiger partial charge < -0.3 is 4.74 Å². The summed E-state index contributed by atoms with van der Waals surface area (Å²) in [6.07, 6.45) is 0.977. The second-order valence-electron chi connectivity index (χ2n) is 4.63. The third-order valence-corrected chi connectivity index (χ3v) is 3.82. The highest BCUT2D eigenvalue weighted by Gasteiger charge is 2.23. The van der Waals surface area contributed by atoms with E-state index in [1.807, 2.05) is 0 Å². The quantitative estimate of drug-likeness (QED) is 0.815. The summed E-state index contributed by atoms with van der Waals surface area (Å²) in [5.41, 5.74) is 4.96. The molecule has 0 saturated heterocycles. The van der Waals surface area contributed by atoms with E-state index in [-0.39, 0.29) is 0 Å². The van der Waals surface area contributed by atoms with Crippen LogP contribution in [0.5, 0.6) is 0 Å². The monoisotopic (exact) mass is 248 g/mol. The Morgan fingerprint density at radius 1 is 1.47 bits per heavy atom. The molecule has 3 rings (SSSR count). The van der Waals surface area contributed by atoms with Gasteiger partial charge in [-0.1, -0.05) is 0 Å². The normalized spacial score (nSPS) is 15.2. The van der Waals surface area contributed by atoms with Crippen LogP contribution in [0.1, 0.15) is 31.1 Å². The van der Waals surface area contributed by atoms with E-state index in [0.717, 1.165) is 18.7 Å². The molecule has 90 valence electrons. The first-order valence-electron chi connectivity index (χ1n) is 5.98. The number of fused-ring (bicyclic) bond motifs is 1. The van der Waals surface area contributed by atoms with Crippen LogP contribution in [0.4, 0.5) is 0 Å². The third kappa shape index (κ3) is 1.81.